The van der Waals surface area contributed by atoms with Crippen LogP contribution in [0.2, 0.25) is 5.02 Å². The Labute approximate surface area is 130 Å². The van der Waals surface area contributed by atoms with Crippen molar-refractivity contribution in [2.45, 2.75) is 27.1 Å². The molecule has 0 aliphatic heterocycles. The summed E-state index contributed by atoms with van der Waals surface area (Å²) in [6.07, 6.45) is 0. The molecule has 1 N–H and O–H groups in total. The third kappa shape index (κ3) is 3.69. The van der Waals surface area contributed by atoms with Crippen LogP contribution in [0.3, 0.4) is 0 Å². The minimum absolute atomic E-state index is 0.0898. The number of aryl methyl sites for hydroxylation is 2. The van der Waals surface area contributed by atoms with Crippen molar-refractivity contribution >= 4 is 11.6 Å². The molecule has 2 aromatic carbocycles. The van der Waals surface area contributed by atoms with Crippen LogP contribution in [0.15, 0.2) is 30.3 Å². The molecule has 0 aliphatic carbocycles. The Hall–Kier alpha value is -1.71. The van der Waals surface area contributed by atoms with Gasteiger partial charge in [-0.05, 0) is 48.2 Å². The number of methoxy groups -OCH3 is 1. The lowest BCUT2D eigenvalue weighted by Crippen LogP contribution is -2.00. The van der Waals surface area contributed by atoms with Crippen molar-refractivity contribution in [1.29, 1.82) is 0 Å². The molecule has 0 unspecified atom stereocenters. The van der Waals surface area contributed by atoms with Crippen LogP contribution in [0.25, 0.3) is 0 Å². The number of rotatable bonds is 5. The van der Waals surface area contributed by atoms with Gasteiger partial charge in [0.05, 0.1) is 18.7 Å². The van der Waals surface area contributed by atoms with Gasteiger partial charge in [-0.15, -0.1) is 0 Å². The van der Waals surface area contributed by atoms with Gasteiger partial charge in [0.25, 0.3) is 0 Å². The van der Waals surface area contributed by atoms with Gasteiger partial charge in [0, 0.05) is 0 Å². The lowest BCUT2D eigenvalue weighted by atomic mass is 10.1. The highest BCUT2D eigenvalue weighted by molar-refractivity contribution is 6.32. The Morgan fingerprint density at radius 2 is 1.81 bits per heavy atom. The lowest BCUT2D eigenvalue weighted by Gasteiger charge is -2.14. The maximum atomic E-state index is 9.18. The van der Waals surface area contributed by atoms with Crippen molar-refractivity contribution in [1.82, 2.24) is 0 Å². The first-order valence-electron chi connectivity index (χ1n) is 6.71. The van der Waals surface area contributed by atoms with Crippen molar-refractivity contribution in [3.05, 3.63) is 57.6 Å². The van der Waals surface area contributed by atoms with Crippen molar-refractivity contribution in [3.63, 3.8) is 0 Å². The summed E-state index contributed by atoms with van der Waals surface area (Å²) in [5.74, 6) is 1.02. The first-order chi connectivity index (χ1) is 10.0. The number of aliphatic hydroxyl groups excluding tert-OH is 1. The molecule has 0 aliphatic rings. The summed E-state index contributed by atoms with van der Waals surface area (Å²) in [5.41, 5.74) is 4.24. The fourth-order valence-electron chi connectivity index (χ4n) is 2.05. The van der Waals surface area contributed by atoms with Gasteiger partial charge in [-0.25, -0.2) is 0 Å². The number of halogens is 1. The zero-order valence-corrected chi connectivity index (χ0v) is 13.2. The van der Waals surface area contributed by atoms with Crippen LogP contribution < -0.4 is 9.47 Å². The fourth-order valence-corrected chi connectivity index (χ4v) is 2.34. The Bertz CT molecular complexity index is 638. The Balaban J connectivity index is 2.21. The highest BCUT2D eigenvalue weighted by Crippen LogP contribution is 2.37. The number of aliphatic hydroxyl groups is 1. The van der Waals surface area contributed by atoms with Crippen LogP contribution in [0.5, 0.6) is 11.5 Å². The third-order valence-electron chi connectivity index (χ3n) is 3.43. The molecule has 0 radical (unpaired) electrons. The smallest absolute Gasteiger partial charge is 0.180 e. The highest BCUT2D eigenvalue weighted by Gasteiger charge is 2.12. The van der Waals surface area contributed by atoms with E-state index < -0.39 is 0 Å². The number of hydrogen-bond donors (Lipinski definition) is 1. The van der Waals surface area contributed by atoms with E-state index in [9.17, 15) is 5.11 Å². The summed E-state index contributed by atoms with van der Waals surface area (Å²) in [4.78, 5) is 0. The van der Waals surface area contributed by atoms with E-state index >= 15 is 0 Å². The quantitative estimate of drug-likeness (QED) is 0.906. The van der Waals surface area contributed by atoms with E-state index in [2.05, 4.69) is 26.0 Å². The second-order valence-electron chi connectivity index (χ2n) is 4.97. The van der Waals surface area contributed by atoms with Gasteiger partial charge >= 0.3 is 0 Å². The first-order valence-corrected chi connectivity index (χ1v) is 7.09. The van der Waals surface area contributed by atoms with Crippen LogP contribution in [-0.4, -0.2) is 12.2 Å². The zero-order chi connectivity index (χ0) is 15.4. The van der Waals surface area contributed by atoms with Gasteiger partial charge in [0.15, 0.2) is 11.5 Å². The van der Waals surface area contributed by atoms with Crippen molar-refractivity contribution in [3.8, 4) is 11.5 Å². The van der Waals surface area contributed by atoms with E-state index in [1.165, 1.54) is 11.1 Å². The van der Waals surface area contributed by atoms with E-state index in [0.29, 0.717) is 28.7 Å². The molecule has 3 nitrogen and oxygen atoms in total. The number of benzene rings is 2. The molecule has 0 saturated heterocycles. The predicted molar refractivity (Wildman–Crippen MR) is 84.2 cm³/mol. The van der Waals surface area contributed by atoms with E-state index in [1.807, 2.05) is 6.07 Å². The minimum Gasteiger partial charge on any atom is -0.493 e. The SMILES string of the molecule is COc1cc(CO)cc(Cl)c1OCc1ccc(C)c(C)c1. The van der Waals surface area contributed by atoms with Gasteiger partial charge in [-0.2, -0.15) is 0 Å². The molecule has 2 rings (SSSR count). The van der Waals surface area contributed by atoms with Gasteiger partial charge in [0.2, 0.25) is 0 Å². The van der Waals surface area contributed by atoms with Gasteiger partial charge < -0.3 is 14.6 Å². The highest BCUT2D eigenvalue weighted by atomic mass is 35.5. The van der Waals surface area contributed by atoms with Crippen LogP contribution in [0.1, 0.15) is 22.3 Å². The molecular weight excluding hydrogens is 288 g/mol. The topological polar surface area (TPSA) is 38.7 Å². The van der Waals surface area contributed by atoms with Crippen LogP contribution in [-0.2, 0) is 13.2 Å². The third-order valence-corrected chi connectivity index (χ3v) is 3.71. The molecule has 21 heavy (non-hydrogen) atoms. The largest absolute Gasteiger partial charge is 0.493 e. The Morgan fingerprint density at radius 1 is 1.05 bits per heavy atom. The molecule has 0 aromatic heterocycles. The number of hydrogen-bond acceptors (Lipinski definition) is 3. The molecule has 0 fully saturated rings. The molecular formula is C17H19ClO3. The molecule has 0 amide bonds. The average molecular weight is 307 g/mol. The van der Waals surface area contributed by atoms with Gasteiger partial charge in [-0.3, -0.25) is 0 Å². The van der Waals surface area contributed by atoms with E-state index in [-0.39, 0.29) is 6.61 Å². The van der Waals surface area contributed by atoms with Gasteiger partial charge in [0.1, 0.15) is 6.61 Å². The van der Waals surface area contributed by atoms with Crippen LogP contribution in [0.4, 0.5) is 0 Å². The number of ether oxygens (including phenoxy) is 2. The molecule has 2 aromatic rings. The Kier molecular flexibility index (Phi) is 5.10. The molecule has 0 saturated carbocycles. The first kappa shape index (κ1) is 15.7. The van der Waals surface area contributed by atoms with Crippen molar-refractivity contribution in [2.75, 3.05) is 7.11 Å². The second-order valence-corrected chi connectivity index (χ2v) is 5.38. The van der Waals surface area contributed by atoms with Crippen molar-refractivity contribution in [2.24, 2.45) is 0 Å². The predicted octanol–water partition coefficient (Wildman–Crippen LogP) is 4.04. The summed E-state index contributed by atoms with van der Waals surface area (Å²) >= 11 is 6.20. The fraction of sp³-hybridized carbons (Fsp3) is 0.294. The summed E-state index contributed by atoms with van der Waals surface area (Å²) in [6, 6.07) is 9.60. The van der Waals surface area contributed by atoms with E-state index in [4.69, 9.17) is 21.1 Å². The summed E-state index contributed by atoms with van der Waals surface area (Å²) in [7, 11) is 1.55. The molecule has 112 valence electrons. The maximum Gasteiger partial charge on any atom is 0.180 e. The average Bonchev–Trinajstić information content (AvgIpc) is 2.48. The normalized spacial score (nSPS) is 10.5. The summed E-state index contributed by atoms with van der Waals surface area (Å²) < 4.78 is 11.1. The second kappa shape index (κ2) is 6.83. The lowest BCUT2D eigenvalue weighted by molar-refractivity contribution is 0.274. The summed E-state index contributed by atoms with van der Waals surface area (Å²) in [6.45, 7) is 4.47. The zero-order valence-electron chi connectivity index (χ0n) is 12.4. The Morgan fingerprint density at radius 3 is 2.43 bits per heavy atom. The molecule has 0 bridgehead atoms. The molecule has 0 spiro atoms. The van der Waals surface area contributed by atoms with E-state index in [0.717, 1.165) is 5.56 Å². The molecule has 0 heterocycles. The van der Waals surface area contributed by atoms with E-state index in [1.54, 1.807) is 19.2 Å². The maximum absolute atomic E-state index is 9.18. The molecule has 0 atom stereocenters. The molecule has 4 heteroatoms. The van der Waals surface area contributed by atoms with Gasteiger partial charge in [-0.1, -0.05) is 29.8 Å². The van der Waals surface area contributed by atoms with Crippen LogP contribution >= 0.6 is 11.6 Å². The minimum atomic E-state index is -0.0898. The van der Waals surface area contributed by atoms with Crippen LogP contribution in [0, 0.1) is 13.8 Å². The van der Waals surface area contributed by atoms with Crippen molar-refractivity contribution < 1.29 is 14.6 Å². The summed E-state index contributed by atoms with van der Waals surface area (Å²) in [5, 5.41) is 9.61. The standard InChI is InChI=1S/C17H19ClO3/c1-11-4-5-13(6-12(11)2)10-21-17-15(18)7-14(9-19)8-16(17)20-3/h4-8,19H,9-10H2,1-3H3. The monoisotopic (exact) mass is 306 g/mol.